The second-order valence-corrected chi connectivity index (χ2v) is 7.54. The fourth-order valence-corrected chi connectivity index (χ4v) is 3.64. The number of amides is 1. The Morgan fingerprint density at radius 1 is 1.08 bits per heavy atom. The minimum absolute atomic E-state index is 0.0744. The number of anilines is 1. The molecule has 0 aliphatic rings. The molecule has 2 aromatic carbocycles. The summed E-state index contributed by atoms with van der Waals surface area (Å²) < 4.78 is 31.7. The van der Waals surface area contributed by atoms with E-state index < -0.39 is 10.0 Å². The fourth-order valence-electron chi connectivity index (χ4n) is 2.73. The van der Waals surface area contributed by atoms with E-state index in [1.807, 2.05) is 32.0 Å². The van der Waals surface area contributed by atoms with Gasteiger partial charge < -0.3 is 10.1 Å². The average molecular weight is 376 g/mol. The van der Waals surface area contributed by atoms with E-state index in [1.54, 1.807) is 6.07 Å². The van der Waals surface area contributed by atoms with E-state index in [0.717, 1.165) is 29.7 Å². The Bertz CT molecular complexity index is 886. The summed E-state index contributed by atoms with van der Waals surface area (Å²) in [5, 5.41) is 2.94. The van der Waals surface area contributed by atoms with Crippen molar-refractivity contribution in [2.75, 3.05) is 19.5 Å². The topological polar surface area (TPSA) is 84.5 Å². The summed E-state index contributed by atoms with van der Waals surface area (Å²) in [7, 11) is -1.05. The van der Waals surface area contributed by atoms with Gasteiger partial charge in [-0.15, -0.1) is 0 Å². The van der Waals surface area contributed by atoms with Crippen molar-refractivity contribution in [3.05, 3.63) is 53.1 Å². The van der Waals surface area contributed by atoms with Crippen LogP contribution in [0, 0.1) is 0 Å². The molecule has 0 saturated carbocycles. The zero-order chi connectivity index (χ0) is 19.3. The molecule has 0 aromatic heterocycles. The molecular weight excluding hydrogens is 352 g/mol. The van der Waals surface area contributed by atoms with Crippen molar-refractivity contribution in [3.8, 4) is 5.75 Å². The number of carbonyl (C=O) groups excluding carboxylic acids is 1. The first-order chi connectivity index (χ1) is 12.4. The number of methoxy groups -OCH3 is 1. The maximum absolute atomic E-state index is 12.8. The molecule has 0 aliphatic heterocycles. The molecular formula is C19H24N2O4S. The van der Waals surface area contributed by atoms with Crippen LogP contribution < -0.4 is 14.8 Å². The first-order valence-corrected chi connectivity index (χ1v) is 9.89. The molecule has 1 amide bonds. The molecule has 0 fully saturated rings. The lowest BCUT2D eigenvalue weighted by atomic mass is 10.0. The van der Waals surface area contributed by atoms with Gasteiger partial charge in [0.2, 0.25) is 10.0 Å². The standard InChI is InChI=1S/C19H24N2O4S/c1-5-13-8-7-9-14(6-2)18(13)21-19(22)15-10-11-16(25-4)17(12-15)26(23,24)20-3/h7-12,20H,5-6H2,1-4H3,(H,21,22). The van der Waals surface area contributed by atoms with Crippen LogP contribution in [-0.2, 0) is 22.9 Å². The molecule has 2 rings (SSSR count). The number of para-hydroxylation sites is 1. The summed E-state index contributed by atoms with van der Waals surface area (Å²) in [4.78, 5) is 12.7. The van der Waals surface area contributed by atoms with Crippen molar-refractivity contribution >= 4 is 21.6 Å². The molecule has 0 bridgehead atoms. The van der Waals surface area contributed by atoms with Gasteiger partial charge in [0.25, 0.3) is 5.91 Å². The van der Waals surface area contributed by atoms with E-state index in [0.29, 0.717) is 0 Å². The van der Waals surface area contributed by atoms with Crippen LogP contribution in [0.15, 0.2) is 41.3 Å². The third kappa shape index (κ3) is 4.05. The molecule has 2 N–H and O–H groups in total. The molecule has 0 heterocycles. The average Bonchev–Trinajstić information content (AvgIpc) is 2.67. The quantitative estimate of drug-likeness (QED) is 0.778. The predicted molar refractivity (Wildman–Crippen MR) is 102 cm³/mol. The number of hydrogen-bond donors (Lipinski definition) is 2. The Balaban J connectivity index is 2.45. The molecule has 7 heteroatoms. The van der Waals surface area contributed by atoms with Gasteiger partial charge in [-0.25, -0.2) is 13.1 Å². The molecule has 140 valence electrons. The number of hydrogen-bond acceptors (Lipinski definition) is 4. The number of carbonyl (C=O) groups is 1. The number of aryl methyl sites for hydroxylation is 2. The number of rotatable bonds is 7. The summed E-state index contributed by atoms with van der Waals surface area (Å²) in [5.41, 5.74) is 3.10. The van der Waals surface area contributed by atoms with Crippen molar-refractivity contribution in [3.63, 3.8) is 0 Å². The molecule has 0 unspecified atom stereocenters. The maximum atomic E-state index is 12.8. The first kappa shape index (κ1) is 19.9. The Morgan fingerprint density at radius 3 is 2.19 bits per heavy atom. The molecule has 0 spiro atoms. The van der Waals surface area contributed by atoms with Gasteiger partial charge in [0, 0.05) is 11.3 Å². The second kappa shape index (κ2) is 8.33. The van der Waals surface area contributed by atoms with Crippen LogP contribution in [0.3, 0.4) is 0 Å². The second-order valence-electron chi connectivity index (χ2n) is 5.69. The van der Waals surface area contributed by atoms with Crippen molar-refractivity contribution in [2.45, 2.75) is 31.6 Å². The number of benzene rings is 2. The summed E-state index contributed by atoms with van der Waals surface area (Å²) >= 11 is 0. The third-order valence-electron chi connectivity index (χ3n) is 4.22. The Morgan fingerprint density at radius 2 is 1.69 bits per heavy atom. The first-order valence-electron chi connectivity index (χ1n) is 8.41. The minimum Gasteiger partial charge on any atom is -0.495 e. The highest BCUT2D eigenvalue weighted by Gasteiger charge is 2.21. The highest BCUT2D eigenvalue weighted by atomic mass is 32.2. The normalized spacial score (nSPS) is 11.2. The SMILES string of the molecule is CCc1cccc(CC)c1NC(=O)c1ccc(OC)c(S(=O)(=O)NC)c1. The Hall–Kier alpha value is -2.38. The maximum Gasteiger partial charge on any atom is 0.255 e. The van der Waals surface area contributed by atoms with E-state index >= 15 is 0 Å². The minimum atomic E-state index is -3.75. The molecule has 26 heavy (non-hydrogen) atoms. The van der Waals surface area contributed by atoms with E-state index in [9.17, 15) is 13.2 Å². The van der Waals surface area contributed by atoms with Crippen molar-refractivity contribution in [2.24, 2.45) is 0 Å². The van der Waals surface area contributed by atoms with Gasteiger partial charge in [0.1, 0.15) is 10.6 Å². The molecule has 0 atom stereocenters. The lowest BCUT2D eigenvalue weighted by molar-refractivity contribution is 0.102. The van der Waals surface area contributed by atoms with Crippen molar-refractivity contribution < 1.29 is 17.9 Å². The predicted octanol–water partition coefficient (Wildman–Crippen LogP) is 2.98. The fraction of sp³-hybridized carbons (Fsp3) is 0.316. The number of sulfonamides is 1. The zero-order valence-corrected chi connectivity index (χ0v) is 16.2. The van der Waals surface area contributed by atoms with Crippen molar-refractivity contribution in [1.82, 2.24) is 4.72 Å². The van der Waals surface area contributed by atoms with Crippen LogP contribution in [0.2, 0.25) is 0 Å². The van der Waals surface area contributed by atoms with Crippen LogP contribution in [-0.4, -0.2) is 28.5 Å². The Kier molecular flexibility index (Phi) is 6.39. The summed E-state index contributed by atoms with van der Waals surface area (Å²) in [6.07, 6.45) is 1.57. The lowest BCUT2D eigenvalue weighted by Crippen LogP contribution is -2.21. The van der Waals surface area contributed by atoms with E-state index in [1.165, 1.54) is 26.3 Å². The molecule has 2 aromatic rings. The summed E-state index contributed by atoms with van der Waals surface area (Å²) in [6, 6.07) is 10.3. The third-order valence-corrected chi connectivity index (χ3v) is 5.66. The lowest BCUT2D eigenvalue weighted by Gasteiger charge is -2.15. The Labute approximate surface area is 154 Å². The van der Waals surface area contributed by atoms with Crippen LogP contribution in [0.4, 0.5) is 5.69 Å². The largest absolute Gasteiger partial charge is 0.495 e. The zero-order valence-electron chi connectivity index (χ0n) is 15.4. The van der Waals surface area contributed by atoms with Gasteiger partial charge in [-0.05, 0) is 49.2 Å². The highest BCUT2D eigenvalue weighted by Crippen LogP contribution is 2.27. The van der Waals surface area contributed by atoms with E-state index in [2.05, 4.69) is 10.0 Å². The van der Waals surface area contributed by atoms with Gasteiger partial charge in [-0.1, -0.05) is 32.0 Å². The van der Waals surface area contributed by atoms with Gasteiger partial charge in [0.05, 0.1) is 7.11 Å². The molecule has 0 radical (unpaired) electrons. The monoisotopic (exact) mass is 376 g/mol. The molecule has 0 aliphatic carbocycles. The van der Waals surface area contributed by atoms with Crippen LogP contribution in [0.5, 0.6) is 5.75 Å². The van der Waals surface area contributed by atoms with Gasteiger partial charge in [0.15, 0.2) is 0 Å². The summed E-state index contributed by atoms with van der Waals surface area (Å²) in [5.74, 6) is -0.185. The van der Waals surface area contributed by atoms with Crippen LogP contribution >= 0.6 is 0 Å². The number of ether oxygens (including phenoxy) is 1. The van der Waals surface area contributed by atoms with Gasteiger partial charge in [-0.3, -0.25) is 4.79 Å². The van der Waals surface area contributed by atoms with Gasteiger partial charge >= 0.3 is 0 Å². The summed E-state index contributed by atoms with van der Waals surface area (Å²) in [6.45, 7) is 4.05. The number of nitrogens with one attached hydrogen (secondary N) is 2. The van der Waals surface area contributed by atoms with Crippen LogP contribution in [0.25, 0.3) is 0 Å². The van der Waals surface area contributed by atoms with E-state index in [-0.39, 0.29) is 22.1 Å². The highest BCUT2D eigenvalue weighted by molar-refractivity contribution is 7.89. The van der Waals surface area contributed by atoms with E-state index in [4.69, 9.17) is 4.74 Å². The van der Waals surface area contributed by atoms with Crippen LogP contribution in [0.1, 0.15) is 35.3 Å². The smallest absolute Gasteiger partial charge is 0.255 e. The molecule has 0 saturated heterocycles. The van der Waals surface area contributed by atoms with Gasteiger partial charge in [-0.2, -0.15) is 0 Å². The van der Waals surface area contributed by atoms with Crippen molar-refractivity contribution in [1.29, 1.82) is 0 Å². The molecule has 6 nitrogen and oxygen atoms in total.